The average molecular weight is 519 g/mol. The smallest absolute Gasteiger partial charge is 0.355 e. The number of hydrogen-bond donors (Lipinski definition) is 1. The van der Waals surface area contributed by atoms with Crippen molar-refractivity contribution in [1.82, 2.24) is 24.0 Å². The Kier molecular flexibility index (Phi) is 5.87. The molecule has 1 aromatic carbocycles. The van der Waals surface area contributed by atoms with Crippen LogP contribution in [0.5, 0.6) is 0 Å². The Morgan fingerprint density at radius 3 is 2.24 bits per heavy atom. The minimum Gasteiger partial charge on any atom is -0.381 e. The molecule has 2 aliphatic heterocycles. The SMILES string of the molecule is Nc1nc(=O)n(-c2nc3ccccc3n(C3C[C@@H]4CCC[C@@H](C3)N4C3C[C@H]4CCC[C@H](C3)C4)c2=O)cc1F. The third-order valence-corrected chi connectivity index (χ3v) is 9.81. The van der Waals surface area contributed by atoms with Crippen molar-refractivity contribution in [2.45, 2.75) is 94.8 Å². The van der Waals surface area contributed by atoms with Gasteiger partial charge in [-0.3, -0.25) is 9.69 Å². The monoisotopic (exact) mass is 518 g/mol. The summed E-state index contributed by atoms with van der Waals surface area (Å²) in [6.07, 6.45) is 14.5. The van der Waals surface area contributed by atoms with E-state index in [0.29, 0.717) is 23.6 Å². The summed E-state index contributed by atoms with van der Waals surface area (Å²) < 4.78 is 17.0. The van der Waals surface area contributed by atoms with Gasteiger partial charge in [0.2, 0.25) is 5.82 Å². The van der Waals surface area contributed by atoms with E-state index in [0.717, 1.165) is 53.8 Å². The van der Waals surface area contributed by atoms with E-state index in [9.17, 15) is 14.0 Å². The molecule has 2 aromatic heterocycles. The van der Waals surface area contributed by atoms with Crippen molar-refractivity contribution in [2.24, 2.45) is 11.8 Å². The van der Waals surface area contributed by atoms with E-state index >= 15 is 0 Å². The van der Waals surface area contributed by atoms with Crippen LogP contribution in [0.3, 0.4) is 0 Å². The molecule has 8 nitrogen and oxygen atoms in total. The maximum Gasteiger partial charge on any atom is 0.355 e. The maximum atomic E-state index is 14.3. The molecule has 4 bridgehead atoms. The van der Waals surface area contributed by atoms with Gasteiger partial charge in [0.1, 0.15) is 0 Å². The number of para-hydroxylation sites is 2. The Bertz CT molecular complexity index is 1470. The van der Waals surface area contributed by atoms with Gasteiger partial charge in [-0.15, -0.1) is 0 Å². The number of anilines is 1. The molecule has 4 atom stereocenters. The molecule has 4 fully saturated rings. The van der Waals surface area contributed by atoms with Crippen LogP contribution in [0.2, 0.25) is 0 Å². The van der Waals surface area contributed by atoms with Gasteiger partial charge in [0.25, 0.3) is 5.56 Å². The summed E-state index contributed by atoms with van der Waals surface area (Å²) >= 11 is 0. The number of nitrogens with two attached hydrogens (primary N) is 1. The number of rotatable bonds is 3. The molecule has 2 N–H and O–H groups in total. The highest BCUT2D eigenvalue weighted by Gasteiger charge is 2.45. The van der Waals surface area contributed by atoms with Gasteiger partial charge < -0.3 is 10.3 Å². The van der Waals surface area contributed by atoms with E-state index in [4.69, 9.17) is 5.73 Å². The quantitative estimate of drug-likeness (QED) is 0.558. The number of fused-ring (bicyclic) bond motifs is 5. The van der Waals surface area contributed by atoms with Crippen LogP contribution >= 0.6 is 0 Å². The average Bonchev–Trinajstić information content (AvgIpc) is 2.89. The van der Waals surface area contributed by atoms with Gasteiger partial charge >= 0.3 is 5.69 Å². The Hall–Kier alpha value is -3.07. The van der Waals surface area contributed by atoms with E-state index in [1.807, 2.05) is 28.8 Å². The molecule has 0 unspecified atom stereocenters. The van der Waals surface area contributed by atoms with E-state index in [1.54, 1.807) is 0 Å². The Morgan fingerprint density at radius 2 is 1.50 bits per heavy atom. The van der Waals surface area contributed by atoms with Gasteiger partial charge in [-0.1, -0.05) is 37.8 Å². The van der Waals surface area contributed by atoms with Crippen molar-refractivity contribution >= 4 is 16.9 Å². The fourth-order valence-corrected chi connectivity index (χ4v) is 8.39. The van der Waals surface area contributed by atoms with Gasteiger partial charge in [-0.25, -0.2) is 18.7 Å². The first-order valence-corrected chi connectivity index (χ1v) is 14.3. The number of piperidine rings is 2. The van der Waals surface area contributed by atoms with E-state index in [2.05, 4.69) is 14.9 Å². The van der Waals surface area contributed by atoms with Crippen molar-refractivity contribution in [2.75, 3.05) is 5.73 Å². The molecule has 0 spiro atoms. The van der Waals surface area contributed by atoms with Gasteiger partial charge in [0.15, 0.2) is 11.6 Å². The lowest BCUT2D eigenvalue weighted by Gasteiger charge is -2.55. The second-order valence-corrected chi connectivity index (χ2v) is 12.1. The maximum absolute atomic E-state index is 14.3. The van der Waals surface area contributed by atoms with Crippen molar-refractivity contribution in [3.05, 3.63) is 57.1 Å². The molecular weight excluding hydrogens is 483 g/mol. The normalized spacial score (nSPS) is 31.4. The van der Waals surface area contributed by atoms with Crippen molar-refractivity contribution in [1.29, 1.82) is 0 Å². The van der Waals surface area contributed by atoms with Crippen molar-refractivity contribution < 1.29 is 4.39 Å². The number of hydrogen-bond acceptors (Lipinski definition) is 6. The lowest BCUT2D eigenvalue weighted by molar-refractivity contribution is -0.0485. The molecule has 9 heteroatoms. The molecule has 4 heterocycles. The predicted octanol–water partition coefficient (Wildman–Crippen LogP) is 4.19. The minimum atomic E-state index is -0.856. The van der Waals surface area contributed by atoms with E-state index < -0.39 is 17.3 Å². The molecule has 0 radical (unpaired) electrons. The molecule has 2 aliphatic carbocycles. The second kappa shape index (κ2) is 9.29. The van der Waals surface area contributed by atoms with Crippen LogP contribution in [-0.4, -0.2) is 42.1 Å². The van der Waals surface area contributed by atoms with Crippen LogP contribution in [0.25, 0.3) is 16.9 Å². The Labute approximate surface area is 220 Å². The summed E-state index contributed by atoms with van der Waals surface area (Å²) in [5.41, 5.74) is 5.64. The zero-order valence-electron chi connectivity index (χ0n) is 21.6. The number of nitrogens with zero attached hydrogens (tertiary/aromatic N) is 5. The first-order valence-electron chi connectivity index (χ1n) is 14.3. The zero-order valence-corrected chi connectivity index (χ0v) is 21.6. The molecule has 2 saturated carbocycles. The van der Waals surface area contributed by atoms with E-state index in [1.165, 1.54) is 44.9 Å². The summed E-state index contributed by atoms with van der Waals surface area (Å²) in [6.45, 7) is 0. The summed E-state index contributed by atoms with van der Waals surface area (Å²) in [5, 5.41) is 0. The largest absolute Gasteiger partial charge is 0.381 e. The first kappa shape index (κ1) is 24.0. The van der Waals surface area contributed by atoms with Gasteiger partial charge in [-0.2, -0.15) is 4.98 Å². The highest BCUT2D eigenvalue weighted by Crippen LogP contribution is 2.47. The fourth-order valence-electron chi connectivity index (χ4n) is 8.39. The predicted molar refractivity (Wildman–Crippen MR) is 144 cm³/mol. The van der Waals surface area contributed by atoms with Crippen LogP contribution in [-0.2, 0) is 0 Å². The molecule has 3 aromatic rings. The van der Waals surface area contributed by atoms with Crippen LogP contribution in [0, 0.1) is 17.7 Å². The fraction of sp³-hybridized carbons (Fsp3) is 0.586. The standard InChI is InChI=1S/C29H35FN6O2/c30-23-16-34(29(38)33-26(23)31)27-28(37)36(25-10-2-1-9-24(25)32-27)22-14-19-7-4-8-20(15-22)35(19)21-12-17-5-3-6-18(11-17)13-21/h1-2,9-10,16-22H,3-8,11-15H2,(H2,31,33,38)/t17-,18-,19-,20-/m0/s1. The number of nitrogen functional groups attached to an aromatic ring is 1. The third kappa shape index (κ3) is 3.97. The molecule has 200 valence electrons. The summed E-state index contributed by atoms with van der Waals surface area (Å²) in [7, 11) is 0. The molecule has 38 heavy (non-hydrogen) atoms. The topological polar surface area (TPSA) is 99.0 Å². The number of halogens is 1. The van der Waals surface area contributed by atoms with E-state index in [-0.39, 0.29) is 17.4 Å². The third-order valence-electron chi connectivity index (χ3n) is 9.81. The lowest BCUT2D eigenvalue weighted by atomic mass is 9.68. The molecule has 2 saturated heterocycles. The number of benzene rings is 1. The van der Waals surface area contributed by atoms with Crippen LogP contribution in [0.15, 0.2) is 40.1 Å². The van der Waals surface area contributed by atoms with Gasteiger partial charge in [-0.05, 0) is 68.9 Å². The van der Waals surface area contributed by atoms with Crippen LogP contribution < -0.4 is 17.0 Å². The van der Waals surface area contributed by atoms with Crippen LogP contribution in [0.4, 0.5) is 10.2 Å². The Morgan fingerprint density at radius 1 is 0.816 bits per heavy atom. The summed E-state index contributed by atoms with van der Waals surface area (Å²) in [4.78, 5) is 37.6. The van der Waals surface area contributed by atoms with Crippen molar-refractivity contribution in [3.8, 4) is 5.82 Å². The zero-order chi connectivity index (χ0) is 26.0. The lowest BCUT2D eigenvalue weighted by Crippen LogP contribution is -2.58. The first-order chi connectivity index (χ1) is 18.5. The second-order valence-electron chi connectivity index (χ2n) is 12.1. The van der Waals surface area contributed by atoms with Crippen molar-refractivity contribution in [3.63, 3.8) is 0 Å². The minimum absolute atomic E-state index is 0.00826. The van der Waals surface area contributed by atoms with Crippen LogP contribution in [0.1, 0.15) is 76.7 Å². The van der Waals surface area contributed by atoms with Gasteiger partial charge in [0, 0.05) is 24.2 Å². The molecule has 7 rings (SSSR count). The number of aromatic nitrogens is 4. The highest BCUT2D eigenvalue weighted by molar-refractivity contribution is 5.75. The summed E-state index contributed by atoms with van der Waals surface area (Å²) in [5.74, 6) is 0.290. The molecular formula is C29H35FN6O2. The summed E-state index contributed by atoms with van der Waals surface area (Å²) in [6, 6.07) is 9.09. The van der Waals surface area contributed by atoms with Gasteiger partial charge in [0.05, 0.1) is 17.2 Å². The Balaban J connectivity index is 1.28. The molecule has 4 aliphatic rings. The molecule has 0 amide bonds. The highest BCUT2D eigenvalue weighted by atomic mass is 19.1.